The summed E-state index contributed by atoms with van der Waals surface area (Å²) < 4.78 is 0. The van der Waals surface area contributed by atoms with Gasteiger partial charge in [-0.2, -0.15) is 0 Å². The van der Waals surface area contributed by atoms with E-state index in [0.717, 1.165) is 12.3 Å². The van der Waals surface area contributed by atoms with Crippen LogP contribution in [0.15, 0.2) is 36.5 Å². The number of hydrogen-bond donors (Lipinski definition) is 3. The minimum absolute atomic E-state index is 0.0982. The molecule has 2 rings (SSSR count). The van der Waals surface area contributed by atoms with Crippen LogP contribution in [0.25, 0.3) is 0 Å². The van der Waals surface area contributed by atoms with Gasteiger partial charge in [0, 0.05) is 11.8 Å². The number of aliphatic hydroxyl groups is 1. The second kappa shape index (κ2) is 5.32. The van der Waals surface area contributed by atoms with Crippen LogP contribution in [0.2, 0.25) is 0 Å². The average molecular weight is 261 g/mol. The number of hydrogen-bond acceptors (Lipinski definition) is 4. The van der Waals surface area contributed by atoms with Crippen molar-refractivity contribution in [1.82, 2.24) is 4.98 Å². The molecule has 1 amide bonds. The van der Waals surface area contributed by atoms with Crippen LogP contribution in [0.3, 0.4) is 0 Å². The lowest BCUT2D eigenvalue weighted by molar-refractivity contribution is -0.384. The van der Waals surface area contributed by atoms with Crippen LogP contribution < -0.4 is 5.32 Å². The van der Waals surface area contributed by atoms with Gasteiger partial charge in [0.15, 0.2) is 0 Å². The van der Waals surface area contributed by atoms with Gasteiger partial charge in [-0.25, -0.2) is 0 Å². The summed E-state index contributed by atoms with van der Waals surface area (Å²) in [6.07, 6.45) is 1.15. The Hall–Kier alpha value is -2.67. The first-order valence-electron chi connectivity index (χ1n) is 5.44. The number of amides is 1. The maximum atomic E-state index is 11.8. The first kappa shape index (κ1) is 12.8. The SMILES string of the molecule is O=C(Nc1cccc(CO)c1)c1cc([N+](=O)[O-])c[nH]1. The lowest BCUT2D eigenvalue weighted by Crippen LogP contribution is -2.12. The van der Waals surface area contributed by atoms with Gasteiger partial charge in [-0.05, 0) is 17.7 Å². The molecule has 0 atom stereocenters. The highest BCUT2D eigenvalue weighted by Gasteiger charge is 2.14. The maximum absolute atomic E-state index is 11.8. The van der Waals surface area contributed by atoms with Crippen molar-refractivity contribution >= 4 is 17.3 Å². The van der Waals surface area contributed by atoms with E-state index in [2.05, 4.69) is 10.3 Å². The molecule has 98 valence electrons. The highest BCUT2D eigenvalue weighted by Crippen LogP contribution is 2.15. The molecule has 1 heterocycles. The molecule has 0 bridgehead atoms. The highest BCUT2D eigenvalue weighted by atomic mass is 16.6. The van der Waals surface area contributed by atoms with Crippen molar-refractivity contribution in [2.75, 3.05) is 5.32 Å². The van der Waals surface area contributed by atoms with Crippen LogP contribution in [0.5, 0.6) is 0 Å². The molecular formula is C12H11N3O4. The predicted molar refractivity (Wildman–Crippen MR) is 67.8 cm³/mol. The Morgan fingerprint density at radius 3 is 2.84 bits per heavy atom. The zero-order chi connectivity index (χ0) is 13.8. The number of nitrogens with one attached hydrogen (secondary N) is 2. The molecule has 3 N–H and O–H groups in total. The van der Waals surface area contributed by atoms with Crippen molar-refractivity contribution < 1.29 is 14.8 Å². The largest absolute Gasteiger partial charge is 0.392 e. The number of rotatable bonds is 4. The summed E-state index contributed by atoms with van der Waals surface area (Å²) in [6, 6.07) is 7.85. The van der Waals surface area contributed by atoms with Crippen molar-refractivity contribution in [1.29, 1.82) is 0 Å². The summed E-state index contributed by atoms with van der Waals surface area (Å²) in [5.74, 6) is -0.483. The van der Waals surface area contributed by atoms with Gasteiger partial charge < -0.3 is 15.4 Å². The maximum Gasteiger partial charge on any atom is 0.287 e. The van der Waals surface area contributed by atoms with Gasteiger partial charge in [-0.3, -0.25) is 14.9 Å². The topological polar surface area (TPSA) is 108 Å². The van der Waals surface area contributed by atoms with Crippen molar-refractivity contribution in [2.24, 2.45) is 0 Å². The molecule has 0 fully saturated rings. The number of benzene rings is 1. The summed E-state index contributed by atoms with van der Waals surface area (Å²) >= 11 is 0. The Morgan fingerprint density at radius 1 is 1.42 bits per heavy atom. The minimum atomic E-state index is -0.584. The van der Waals surface area contributed by atoms with Gasteiger partial charge >= 0.3 is 0 Å². The van der Waals surface area contributed by atoms with Crippen LogP contribution in [0, 0.1) is 10.1 Å². The number of H-pyrrole nitrogens is 1. The smallest absolute Gasteiger partial charge is 0.287 e. The second-order valence-electron chi connectivity index (χ2n) is 3.84. The van der Waals surface area contributed by atoms with E-state index in [4.69, 9.17) is 5.11 Å². The molecule has 0 aliphatic carbocycles. The number of carbonyl (C=O) groups excluding carboxylic acids is 1. The monoisotopic (exact) mass is 261 g/mol. The minimum Gasteiger partial charge on any atom is -0.392 e. The van der Waals surface area contributed by atoms with E-state index in [-0.39, 0.29) is 18.0 Å². The number of aromatic nitrogens is 1. The molecule has 7 heteroatoms. The van der Waals surface area contributed by atoms with Crippen LogP contribution in [-0.2, 0) is 6.61 Å². The molecule has 0 aliphatic rings. The first-order chi connectivity index (χ1) is 9.10. The molecule has 0 unspecified atom stereocenters. The van der Waals surface area contributed by atoms with Crippen molar-refractivity contribution in [2.45, 2.75) is 6.61 Å². The Balaban J connectivity index is 2.13. The van der Waals surface area contributed by atoms with Crippen LogP contribution >= 0.6 is 0 Å². The van der Waals surface area contributed by atoms with Gasteiger partial charge in [0.25, 0.3) is 11.6 Å². The number of anilines is 1. The third-order valence-corrected chi connectivity index (χ3v) is 2.49. The number of aromatic amines is 1. The lowest BCUT2D eigenvalue weighted by Gasteiger charge is -2.04. The average Bonchev–Trinajstić information content (AvgIpc) is 2.89. The van der Waals surface area contributed by atoms with E-state index >= 15 is 0 Å². The molecule has 7 nitrogen and oxygen atoms in total. The van der Waals surface area contributed by atoms with Crippen LogP contribution in [0.4, 0.5) is 11.4 Å². The molecule has 2 aromatic rings. The van der Waals surface area contributed by atoms with Crippen LogP contribution in [-0.4, -0.2) is 20.9 Å². The van der Waals surface area contributed by atoms with Gasteiger partial charge in [-0.15, -0.1) is 0 Å². The van der Waals surface area contributed by atoms with E-state index < -0.39 is 10.8 Å². The molecule has 0 spiro atoms. The van der Waals surface area contributed by atoms with E-state index in [1.807, 2.05) is 0 Å². The van der Waals surface area contributed by atoms with E-state index in [0.29, 0.717) is 11.3 Å². The predicted octanol–water partition coefficient (Wildman–Crippen LogP) is 1.67. The molecule has 1 aromatic carbocycles. The van der Waals surface area contributed by atoms with Gasteiger partial charge in [0.05, 0.1) is 17.7 Å². The van der Waals surface area contributed by atoms with Crippen molar-refractivity contribution in [3.8, 4) is 0 Å². The Labute approximate surface area is 108 Å². The molecule has 0 radical (unpaired) electrons. The van der Waals surface area contributed by atoms with E-state index in [9.17, 15) is 14.9 Å². The fourth-order valence-corrected chi connectivity index (χ4v) is 1.57. The molecule has 1 aromatic heterocycles. The quantitative estimate of drug-likeness (QED) is 0.574. The molecular weight excluding hydrogens is 250 g/mol. The second-order valence-corrected chi connectivity index (χ2v) is 3.84. The van der Waals surface area contributed by atoms with Gasteiger partial charge in [0.2, 0.25) is 0 Å². The van der Waals surface area contributed by atoms with Gasteiger partial charge in [-0.1, -0.05) is 12.1 Å². The van der Waals surface area contributed by atoms with E-state index in [1.54, 1.807) is 24.3 Å². The summed E-state index contributed by atoms with van der Waals surface area (Å²) in [6.45, 7) is -0.127. The first-order valence-corrected chi connectivity index (χ1v) is 5.44. The molecule has 0 aliphatic heterocycles. The highest BCUT2D eigenvalue weighted by molar-refractivity contribution is 6.03. The number of aliphatic hydroxyl groups excluding tert-OH is 1. The summed E-state index contributed by atoms with van der Waals surface area (Å²) in [4.78, 5) is 24.3. The van der Waals surface area contributed by atoms with Crippen molar-refractivity contribution in [3.05, 3.63) is 57.9 Å². The summed E-state index contributed by atoms with van der Waals surface area (Å²) in [5, 5.41) is 22.1. The number of carbonyl (C=O) groups is 1. The fraction of sp³-hybridized carbons (Fsp3) is 0.0833. The van der Waals surface area contributed by atoms with E-state index in [1.165, 1.54) is 0 Å². The Bertz CT molecular complexity index is 621. The Morgan fingerprint density at radius 2 is 2.21 bits per heavy atom. The standard InChI is InChI=1S/C12H11N3O4/c16-7-8-2-1-3-9(4-8)14-12(17)11-5-10(6-13-11)15(18)19/h1-6,13,16H,7H2,(H,14,17). The summed E-state index contributed by atoms with van der Waals surface area (Å²) in [5.41, 5.74) is 1.10. The third-order valence-electron chi connectivity index (χ3n) is 2.49. The van der Waals surface area contributed by atoms with Crippen LogP contribution in [0.1, 0.15) is 16.1 Å². The lowest BCUT2D eigenvalue weighted by atomic mass is 10.2. The third kappa shape index (κ3) is 2.96. The normalized spacial score (nSPS) is 10.2. The van der Waals surface area contributed by atoms with Crippen molar-refractivity contribution in [3.63, 3.8) is 0 Å². The van der Waals surface area contributed by atoms with Gasteiger partial charge in [0.1, 0.15) is 5.69 Å². The molecule has 0 saturated carbocycles. The zero-order valence-electron chi connectivity index (χ0n) is 9.79. The summed E-state index contributed by atoms with van der Waals surface area (Å²) in [7, 11) is 0. The number of nitrogens with zero attached hydrogens (tertiary/aromatic N) is 1. The Kier molecular flexibility index (Phi) is 3.58. The fourth-order valence-electron chi connectivity index (χ4n) is 1.57. The molecule has 0 saturated heterocycles. The number of nitro groups is 1. The zero-order valence-corrected chi connectivity index (χ0v) is 9.79. The molecule has 19 heavy (non-hydrogen) atoms.